The van der Waals surface area contributed by atoms with Crippen LogP contribution in [0.3, 0.4) is 0 Å². The molecule has 1 fully saturated rings. The highest BCUT2D eigenvalue weighted by Gasteiger charge is 2.26. The monoisotopic (exact) mass is 279 g/mol. The Morgan fingerprint density at radius 3 is 2.65 bits per heavy atom. The summed E-state index contributed by atoms with van der Waals surface area (Å²) in [5, 5.41) is 12.2. The van der Waals surface area contributed by atoms with Gasteiger partial charge in [-0.15, -0.1) is 0 Å². The van der Waals surface area contributed by atoms with Crippen molar-refractivity contribution in [2.45, 2.75) is 31.7 Å². The molecule has 1 saturated carbocycles. The van der Waals surface area contributed by atoms with E-state index >= 15 is 0 Å². The van der Waals surface area contributed by atoms with Crippen molar-refractivity contribution in [3.05, 3.63) is 18.1 Å². The van der Waals surface area contributed by atoms with E-state index in [-0.39, 0.29) is 17.8 Å². The predicted octanol–water partition coefficient (Wildman–Crippen LogP) is 1.32. The summed E-state index contributed by atoms with van der Waals surface area (Å²) in [5.41, 5.74) is 0. The number of carbonyl (C=O) groups is 2. The van der Waals surface area contributed by atoms with Gasteiger partial charge in [-0.05, 0) is 31.7 Å². The molecule has 7 heteroatoms. The molecule has 20 heavy (non-hydrogen) atoms. The Balaban J connectivity index is 1.94. The quantitative estimate of drug-likeness (QED) is 0.801. The second kappa shape index (κ2) is 6.31. The summed E-state index contributed by atoms with van der Waals surface area (Å²) >= 11 is 0. The molecule has 1 aliphatic carbocycles. The number of anilines is 1. The molecule has 0 saturated heterocycles. The fourth-order valence-corrected chi connectivity index (χ4v) is 2.32. The lowest BCUT2D eigenvalue weighted by atomic mass is 9.86. The van der Waals surface area contributed by atoms with E-state index in [1.807, 2.05) is 0 Å². The second-order valence-corrected chi connectivity index (χ2v) is 4.79. The Hall–Kier alpha value is -2.18. The zero-order chi connectivity index (χ0) is 14.5. The average molecular weight is 279 g/mol. The summed E-state index contributed by atoms with van der Waals surface area (Å²) in [4.78, 5) is 30.1. The molecule has 0 unspecified atom stereocenters. The summed E-state index contributed by atoms with van der Waals surface area (Å²) in [6, 6.07) is 1.85. The smallest absolute Gasteiger partial charge is 0.376 e. The van der Waals surface area contributed by atoms with Crippen LogP contribution in [-0.4, -0.2) is 40.2 Å². The zero-order valence-corrected chi connectivity index (χ0v) is 11.2. The first-order chi connectivity index (χ1) is 9.60. The van der Waals surface area contributed by atoms with E-state index in [0.717, 1.165) is 12.8 Å². The maximum absolute atomic E-state index is 11.3. The number of aromatic nitrogens is 2. The maximum atomic E-state index is 11.3. The Bertz CT molecular complexity index is 498. The van der Waals surface area contributed by atoms with Crippen LogP contribution in [0.25, 0.3) is 0 Å². The Kier molecular flexibility index (Phi) is 4.49. The lowest BCUT2D eigenvalue weighted by Crippen LogP contribution is -2.29. The summed E-state index contributed by atoms with van der Waals surface area (Å²) < 4.78 is 4.56. The van der Waals surface area contributed by atoms with E-state index in [0.29, 0.717) is 18.7 Å². The standard InChI is InChI=1S/C13H17N3O4/c1-20-13(19)11-14-7-6-10(16-11)15-9-4-2-8(3-5-9)12(17)18/h6-9H,2-5H2,1H3,(H,17,18)(H,14,15,16). The van der Waals surface area contributed by atoms with Crippen molar-refractivity contribution in [1.82, 2.24) is 9.97 Å². The van der Waals surface area contributed by atoms with Crippen LogP contribution >= 0.6 is 0 Å². The van der Waals surface area contributed by atoms with Gasteiger partial charge in [-0.3, -0.25) is 4.79 Å². The maximum Gasteiger partial charge on any atom is 0.376 e. The van der Waals surface area contributed by atoms with Crippen LogP contribution in [-0.2, 0) is 9.53 Å². The lowest BCUT2D eigenvalue weighted by Gasteiger charge is -2.27. The van der Waals surface area contributed by atoms with Gasteiger partial charge in [0.1, 0.15) is 5.82 Å². The second-order valence-electron chi connectivity index (χ2n) is 4.79. The van der Waals surface area contributed by atoms with E-state index < -0.39 is 11.9 Å². The summed E-state index contributed by atoms with van der Waals surface area (Å²) in [7, 11) is 1.28. The van der Waals surface area contributed by atoms with E-state index in [9.17, 15) is 9.59 Å². The van der Waals surface area contributed by atoms with Crippen LogP contribution < -0.4 is 5.32 Å². The minimum Gasteiger partial charge on any atom is -0.481 e. The Morgan fingerprint density at radius 1 is 1.35 bits per heavy atom. The van der Waals surface area contributed by atoms with Crippen molar-refractivity contribution in [3.8, 4) is 0 Å². The van der Waals surface area contributed by atoms with Crippen LogP contribution in [0.1, 0.15) is 36.3 Å². The van der Waals surface area contributed by atoms with Crippen LogP contribution in [0.15, 0.2) is 12.3 Å². The molecule has 0 aliphatic heterocycles. The van der Waals surface area contributed by atoms with Crippen molar-refractivity contribution in [1.29, 1.82) is 0 Å². The molecule has 0 amide bonds. The van der Waals surface area contributed by atoms with Crippen LogP contribution in [0.4, 0.5) is 5.82 Å². The number of carboxylic acid groups (broad SMARTS) is 1. The van der Waals surface area contributed by atoms with Crippen molar-refractivity contribution in [2.75, 3.05) is 12.4 Å². The molecule has 1 aromatic heterocycles. The third-order valence-corrected chi connectivity index (χ3v) is 3.45. The number of esters is 1. The molecule has 0 atom stereocenters. The number of hydrogen-bond acceptors (Lipinski definition) is 6. The molecule has 2 N–H and O–H groups in total. The number of aliphatic carboxylic acids is 1. The van der Waals surface area contributed by atoms with Crippen molar-refractivity contribution in [2.24, 2.45) is 5.92 Å². The molecule has 7 nitrogen and oxygen atoms in total. The highest BCUT2D eigenvalue weighted by Crippen LogP contribution is 2.26. The molecule has 1 heterocycles. The van der Waals surface area contributed by atoms with Crippen LogP contribution in [0.5, 0.6) is 0 Å². The molecule has 1 aromatic rings. The number of methoxy groups -OCH3 is 1. The lowest BCUT2D eigenvalue weighted by molar-refractivity contribution is -0.142. The number of hydrogen-bond donors (Lipinski definition) is 2. The van der Waals surface area contributed by atoms with E-state index in [4.69, 9.17) is 5.11 Å². The van der Waals surface area contributed by atoms with Gasteiger partial charge in [-0.2, -0.15) is 0 Å². The Morgan fingerprint density at radius 2 is 2.05 bits per heavy atom. The van der Waals surface area contributed by atoms with Gasteiger partial charge in [-0.25, -0.2) is 14.8 Å². The minimum atomic E-state index is -0.724. The number of rotatable bonds is 4. The summed E-state index contributed by atoms with van der Waals surface area (Å²) in [6.07, 6.45) is 4.34. The van der Waals surface area contributed by atoms with Gasteiger partial charge in [0.05, 0.1) is 13.0 Å². The van der Waals surface area contributed by atoms with E-state index in [1.54, 1.807) is 6.07 Å². The Labute approximate surface area is 116 Å². The first kappa shape index (κ1) is 14.2. The minimum absolute atomic E-state index is 0.0109. The highest BCUT2D eigenvalue weighted by atomic mass is 16.5. The first-order valence-corrected chi connectivity index (χ1v) is 6.51. The topological polar surface area (TPSA) is 101 Å². The van der Waals surface area contributed by atoms with E-state index in [2.05, 4.69) is 20.0 Å². The van der Waals surface area contributed by atoms with E-state index in [1.165, 1.54) is 13.3 Å². The molecule has 0 bridgehead atoms. The fourth-order valence-electron chi connectivity index (χ4n) is 2.32. The van der Waals surface area contributed by atoms with Crippen LogP contribution in [0, 0.1) is 5.92 Å². The number of ether oxygens (including phenoxy) is 1. The molecule has 0 aromatic carbocycles. The van der Waals surface area contributed by atoms with Gasteiger partial charge in [0.25, 0.3) is 0 Å². The fraction of sp³-hybridized carbons (Fsp3) is 0.538. The molecule has 1 aliphatic rings. The largest absolute Gasteiger partial charge is 0.481 e. The summed E-state index contributed by atoms with van der Waals surface area (Å²) in [6.45, 7) is 0. The molecule has 0 spiro atoms. The zero-order valence-electron chi connectivity index (χ0n) is 11.2. The van der Waals surface area contributed by atoms with Crippen LogP contribution in [0.2, 0.25) is 0 Å². The van der Waals surface area contributed by atoms with Gasteiger partial charge < -0.3 is 15.2 Å². The van der Waals surface area contributed by atoms with Crippen molar-refractivity contribution < 1.29 is 19.4 Å². The molecule has 0 radical (unpaired) electrons. The first-order valence-electron chi connectivity index (χ1n) is 6.51. The van der Waals surface area contributed by atoms with Gasteiger partial charge in [0, 0.05) is 12.2 Å². The molecular formula is C13H17N3O4. The average Bonchev–Trinajstić information content (AvgIpc) is 2.47. The SMILES string of the molecule is COC(=O)c1nccc(NC2CCC(C(=O)O)CC2)n1. The highest BCUT2D eigenvalue weighted by molar-refractivity contribution is 5.85. The number of carbonyl (C=O) groups excluding carboxylic acids is 1. The van der Waals surface area contributed by atoms with Gasteiger partial charge in [0.15, 0.2) is 0 Å². The number of carboxylic acids is 1. The number of nitrogens with zero attached hydrogens (tertiary/aromatic N) is 2. The molecule has 2 rings (SSSR count). The van der Waals surface area contributed by atoms with Gasteiger partial charge in [0.2, 0.25) is 5.82 Å². The third kappa shape index (κ3) is 3.43. The van der Waals surface area contributed by atoms with Crippen molar-refractivity contribution >= 4 is 17.8 Å². The molecular weight excluding hydrogens is 262 g/mol. The van der Waals surface area contributed by atoms with Gasteiger partial charge >= 0.3 is 11.9 Å². The van der Waals surface area contributed by atoms with Gasteiger partial charge in [-0.1, -0.05) is 0 Å². The normalized spacial score (nSPS) is 22.1. The molecule has 108 valence electrons. The van der Waals surface area contributed by atoms with Crippen molar-refractivity contribution in [3.63, 3.8) is 0 Å². The third-order valence-electron chi connectivity index (χ3n) is 3.45. The predicted molar refractivity (Wildman–Crippen MR) is 70.4 cm³/mol. The number of nitrogens with one attached hydrogen (secondary N) is 1. The summed E-state index contributed by atoms with van der Waals surface area (Å²) in [5.74, 6) is -0.985.